The molecule has 6 unspecified atom stereocenters. The average Bonchev–Trinajstić information content (AvgIpc) is 0.905. The van der Waals surface area contributed by atoms with E-state index in [0.717, 1.165) is 87.8 Å². The maximum absolute atomic E-state index is 13.2. The molecule has 29 nitrogen and oxygen atoms in total. The second kappa shape index (κ2) is 88.9. The lowest BCUT2D eigenvalue weighted by Crippen LogP contribution is -2.45. The van der Waals surface area contributed by atoms with E-state index in [1.54, 1.807) is 60.9 Å². The van der Waals surface area contributed by atoms with Crippen LogP contribution in [0.4, 0.5) is 0 Å². The van der Waals surface area contributed by atoms with Crippen LogP contribution in [0, 0.1) is 35.5 Å². The van der Waals surface area contributed by atoms with E-state index in [2.05, 4.69) is 44.5 Å². The minimum Gasteiger partial charge on any atom is -0.462 e. The van der Waals surface area contributed by atoms with Crippen LogP contribution in [0.15, 0.2) is 0 Å². The molecule has 0 amide bonds. The number of ether oxygens (including phenoxy) is 12. The number of hydrogen-bond donors (Lipinski definition) is 0. The Morgan fingerprint density at radius 1 is 0.233 bits per heavy atom. The van der Waals surface area contributed by atoms with Crippen molar-refractivity contribution in [2.45, 2.75) is 268 Å². The highest BCUT2D eigenvalue weighted by atomic mass is 32.2. The van der Waals surface area contributed by atoms with Crippen LogP contribution < -0.4 is 0 Å². The number of carbonyl (C=O) groups is 12. The summed E-state index contributed by atoms with van der Waals surface area (Å²) >= 11 is 9.98. The van der Waals surface area contributed by atoms with Crippen molar-refractivity contribution in [3.63, 3.8) is 0 Å². The molecule has 0 aromatic heterocycles. The van der Waals surface area contributed by atoms with Crippen molar-refractivity contribution in [1.29, 1.82) is 0 Å². The van der Waals surface area contributed by atoms with Gasteiger partial charge in [0.25, 0.3) is 0 Å². The van der Waals surface area contributed by atoms with Gasteiger partial charge in [0.1, 0.15) is 79.3 Å². The Bertz CT molecular complexity index is 2710. The largest absolute Gasteiger partial charge is 0.462 e. The third kappa shape index (κ3) is 77.0. The van der Waals surface area contributed by atoms with Gasteiger partial charge in [0.2, 0.25) is 0 Å². The number of piperazine rings is 1. The van der Waals surface area contributed by atoms with Gasteiger partial charge in [-0.2, -0.15) is 70.6 Å². The van der Waals surface area contributed by atoms with Crippen molar-refractivity contribution in [3.8, 4) is 0 Å². The second-order valence-electron chi connectivity index (χ2n) is 34.8. The molecule has 6 atom stereocenters. The minimum absolute atomic E-state index is 0.00852. The fourth-order valence-corrected chi connectivity index (χ4v) is 19.8. The lowest BCUT2D eigenvalue weighted by molar-refractivity contribution is -0.154. The lowest BCUT2D eigenvalue weighted by Gasteiger charge is -2.33. The quantitative estimate of drug-likeness (QED) is 0.0310. The number of thioether (sulfide) groups is 6. The summed E-state index contributed by atoms with van der Waals surface area (Å²) in [5.74, 6) is 1.16. The zero-order valence-electron chi connectivity index (χ0n) is 83.7. The monoisotopic (exact) mass is 2000 g/mol. The molecule has 0 bridgehead atoms. The highest BCUT2D eigenvalue weighted by Crippen LogP contribution is 2.21. The maximum Gasteiger partial charge on any atom is 0.309 e. The molecule has 0 aromatic rings. The van der Waals surface area contributed by atoms with Gasteiger partial charge in [-0.1, -0.05) is 198 Å². The summed E-state index contributed by atoms with van der Waals surface area (Å²) in [5, 5.41) is 0. The average molecular weight is 2000 g/mol. The highest BCUT2D eigenvalue weighted by molar-refractivity contribution is 8.00. The van der Waals surface area contributed by atoms with Crippen molar-refractivity contribution >= 4 is 142 Å². The predicted molar refractivity (Wildman–Crippen MR) is 540 cm³/mol. The molecule has 1 rings (SSSR count). The van der Waals surface area contributed by atoms with Gasteiger partial charge >= 0.3 is 71.6 Å². The highest BCUT2D eigenvalue weighted by Gasteiger charge is 2.25. The van der Waals surface area contributed by atoms with Crippen LogP contribution in [0.3, 0.4) is 0 Å². The Balaban J connectivity index is 2.77. The molecule has 0 aliphatic carbocycles. The summed E-state index contributed by atoms with van der Waals surface area (Å²) in [6, 6.07) is 0. The molecule has 1 aliphatic rings. The summed E-state index contributed by atoms with van der Waals surface area (Å²) in [6.07, 6.45) is 30.0. The van der Waals surface area contributed by atoms with Crippen LogP contribution in [0.25, 0.3) is 0 Å². The van der Waals surface area contributed by atoms with Gasteiger partial charge in [0.15, 0.2) is 0 Å². The van der Waals surface area contributed by atoms with Crippen molar-refractivity contribution < 1.29 is 114 Å². The second-order valence-corrected chi connectivity index (χ2v) is 41.7. The third-order valence-electron chi connectivity index (χ3n) is 22.2. The summed E-state index contributed by atoms with van der Waals surface area (Å²) in [6.45, 7) is 26.3. The fourth-order valence-electron chi connectivity index (χ4n) is 13.5. The van der Waals surface area contributed by atoms with Gasteiger partial charge in [-0.25, -0.2) is 0 Å². The summed E-state index contributed by atoms with van der Waals surface area (Å²) in [4.78, 5) is 166. The van der Waals surface area contributed by atoms with Crippen LogP contribution in [0.2, 0.25) is 0 Å². The zero-order valence-corrected chi connectivity index (χ0v) is 88.6. The SMILES string of the molecule is CCCCCCCCSCC(C)C(=O)OCCOC(=O)CCN(CCSCC(C)C(=O)OCCOC(=O)CCN(CCCN1CCN(C)CC1)CCC(=O)OCCOC(=O)C(C)CSCCN(CCC(=O)OCCOC(=O)C(C)CSCCCCCCCC)CCC(=O)OCCOC(=O)C(C)CSCCCCCCCC)CCC(=O)OCCOC(=O)C(C)CSCCCCCCCC. The zero-order chi connectivity index (χ0) is 97.8. The van der Waals surface area contributed by atoms with Crippen molar-refractivity contribution in [1.82, 2.24) is 24.5 Å². The molecule has 0 radical (unpaired) electrons. The maximum atomic E-state index is 13.2. The fraction of sp³-hybridized carbons (Fsp3) is 0.878. The van der Waals surface area contributed by atoms with E-state index in [9.17, 15) is 57.5 Å². The van der Waals surface area contributed by atoms with E-state index >= 15 is 0 Å². The molecule has 774 valence electrons. The van der Waals surface area contributed by atoms with Crippen LogP contribution in [0.1, 0.15) is 268 Å². The summed E-state index contributed by atoms with van der Waals surface area (Å²) in [7, 11) is 2.10. The number of nitrogens with zero attached hydrogens (tertiary/aromatic N) is 5. The van der Waals surface area contributed by atoms with Gasteiger partial charge < -0.3 is 81.3 Å². The molecule has 0 saturated carbocycles. The van der Waals surface area contributed by atoms with Crippen molar-refractivity contribution in [3.05, 3.63) is 0 Å². The molecular formula is C98H177N5O24S6. The van der Waals surface area contributed by atoms with Crippen LogP contribution in [-0.4, -0.2) is 343 Å². The molecule has 1 saturated heterocycles. The number of likely N-dealkylation sites (N-methyl/N-ethyl adjacent to an activating group) is 1. The van der Waals surface area contributed by atoms with E-state index in [-0.39, 0.29) is 192 Å². The first-order valence-corrected chi connectivity index (χ1v) is 57.2. The molecule has 0 N–H and O–H groups in total. The Kier molecular flexibility index (Phi) is 84.6. The predicted octanol–water partition coefficient (Wildman–Crippen LogP) is 16.0. The van der Waals surface area contributed by atoms with E-state index in [1.165, 1.54) is 152 Å². The van der Waals surface area contributed by atoms with Crippen molar-refractivity contribution in [2.24, 2.45) is 35.5 Å². The van der Waals surface area contributed by atoms with Gasteiger partial charge in [0.05, 0.1) is 74.0 Å². The number of carbonyl (C=O) groups excluding carboxylic acids is 12. The smallest absolute Gasteiger partial charge is 0.309 e. The first-order valence-electron chi connectivity index (χ1n) is 50.3. The van der Waals surface area contributed by atoms with E-state index in [0.29, 0.717) is 78.7 Å². The number of hydrogen-bond acceptors (Lipinski definition) is 35. The van der Waals surface area contributed by atoms with Gasteiger partial charge in [-0.15, -0.1) is 0 Å². The van der Waals surface area contributed by atoms with E-state index in [4.69, 9.17) is 56.8 Å². The Morgan fingerprint density at radius 3 is 0.639 bits per heavy atom. The first-order chi connectivity index (χ1) is 64.3. The van der Waals surface area contributed by atoms with Crippen LogP contribution in [0.5, 0.6) is 0 Å². The Hall–Kier alpha value is -4.46. The molecule has 0 spiro atoms. The van der Waals surface area contributed by atoms with Gasteiger partial charge in [-0.3, -0.25) is 57.5 Å². The number of esters is 12. The molecule has 1 aliphatic heterocycles. The summed E-state index contributed by atoms with van der Waals surface area (Å²) in [5.41, 5.74) is 0. The molecule has 1 heterocycles. The van der Waals surface area contributed by atoms with E-state index < -0.39 is 59.6 Å². The lowest BCUT2D eigenvalue weighted by atomic mass is 10.1. The first kappa shape index (κ1) is 127. The topological polar surface area (TPSA) is 332 Å². The summed E-state index contributed by atoms with van der Waals surface area (Å²) < 4.78 is 65.4. The molecule has 35 heteroatoms. The molecular weight excluding hydrogens is 1820 g/mol. The van der Waals surface area contributed by atoms with Crippen molar-refractivity contribution in [2.75, 3.05) is 247 Å². The number of unbranched alkanes of at least 4 members (excludes halogenated alkanes) is 20. The Labute approximate surface area is 826 Å². The Morgan fingerprint density at radius 2 is 0.421 bits per heavy atom. The molecule has 0 aromatic carbocycles. The number of rotatable bonds is 92. The standard InChI is InChI=1S/C98H177N5O24S6/c1-12-16-20-24-28-32-69-128-75-81(5)93(110)122-63-59-118-89(106)39-47-102(48-40-90(107)119-60-64-123-94(111)82(6)76-129-70-33-29-25-21-17-13-2)55-73-132-79-85(9)97(114)126-67-57-116-87(104)37-45-100(43-36-44-101-53-51-99(11)52-54-101)46-38-88(105)117-58-68-127-98(115)86(10)80-133-74-56-103(49-41-91(108)120-61-65-124-95(112)83(7)77-130-71-34-30-26-22-18-14-3)50-42-92(109)121-62-66-125-96(113)84(8)78-131-72-35-31-27-23-19-15-4/h81-86H,12-80H2,1-11H3. The third-order valence-corrected chi connectivity index (χ3v) is 29.8. The van der Waals surface area contributed by atoms with Crippen LogP contribution >= 0.6 is 70.6 Å². The normalized spacial score (nSPS) is 13.8. The van der Waals surface area contributed by atoms with Crippen LogP contribution in [-0.2, 0) is 114 Å². The molecule has 133 heavy (non-hydrogen) atoms. The van der Waals surface area contributed by atoms with E-state index in [1.807, 2.05) is 42.4 Å². The van der Waals surface area contributed by atoms with Gasteiger partial charge in [0, 0.05) is 125 Å². The molecule has 1 fully saturated rings. The van der Waals surface area contributed by atoms with Gasteiger partial charge in [-0.05, 0) is 75.3 Å². The minimum atomic E-state index is -0.515.